The quantitative estimate of drug-likeness (QED) is 0.670. The van der Waals surface area contributed by atoms with Gasteiger partial charge in [0.15, 0.2) is 0 Å². The standard InChI is InChI=1S/C7H14N4S/c1-5-10-6(3-4-12-2)7(8)11(5)9/h3-4,8-9H2,1-2H3. The minimum Gasteiger partial charge on any atom is -0.382 e. The monoisotopic (exact) mass is 186 g/mol. The smallest absolute Gasteiger partial charge is 0.145 e. The van der Waals surface area contributed by atoms with Crippen molar-refractivity contribution in [2.75, 3.05) is 23.6 Å². The number of rotatable bonds is 3. The van der Waals surface area contributed by atoms with Crippen molar-refractivity contribution in [3.05, 3.63) is 11.5 Å². The van der Waals surface area contributed by atoms with Gasteiger partial charge in [-0.1, -0.05) is 0 Å². The summed E-state index contributed by atoms with van der Waals surface area (Å²) in [6, 6.07) is 0. The molecule has 0 bridgehead atoms. The van der Waals surface area contributed by atoms with Crippen LogP contribution in [0.2, 0.25) is 0 Å². The lowest BCUT2D eigenvalue weighted by molar-refractivity contribution is 0.936. The number of nitrogen functional groups attached to an aromatic ring is 2. The zero-order valence-corrected chi connectivity index (χ0v) is 8.19. The van der Waals surface area contributed by atoms with Gasteiger partial charge in [-0.25, -0.2) is 9.66 Å². The van der Waals surface area contributed by atoms with Crippen molar-refractivity contribution < 1.29 is 0 Å². The molecule has 0 fully saturated rings. The van der Waals surface area contributed by atoms with E-state index >= 15 is 0 Å². The second-order valence-corrected chi connectivity index (χ2v) is 3.59. The van der Waals surface area contributed by atoms with E-state index in [2.05, 4.69) is 11.2 Å². The van der Waals surface area contributed by atoms with Gasteiger partial charge in [-0.3, -0.25) is 0 Å². The van der Waals surface area contributed by atoms with E-state index in [4.69, 9.17) is 11.6 Å². The molecule has 0 aromatic carbocycles. The highest BCUT2D eigenvalue weighted by Gasteiger charge is 2.08. The highest BCUT2D eigenvalue weighted by molar-refractivity contribution is 7.98. The Morgan fingerprint density at radius 3 is 2.67 bits per heavy atom. The molecule has 0 spiro atoms. The van der Waals surface area contributed by atoms with Gasteiger partial charge < -0.3 is 11.6 Å². The summed E-state index contributed by atoms with van der Waals surface area (Å²) < 4.78 is 1.43. The molecule has 0 saturated heterocycles. The summed E-state index contributed by atoms with van der Waals surface area (Å²) in [7, 11) is 0. The van der Waals surface area contributed by atoms with Crippen LogP contribution in [0.1, 0.15) is 11.5 Å². The number of aromatic nitrogens is 2. The Morgan fingerprint density at radius 1 is 1.58 bits per heavy atom. The Bertz CT molecular complexity index is 269. The lowest BCUT2D eigenvalue weighted by atomic mass is 10.3. The number of anilines is 1. The molecule has 5 heteroatoms. The largest absolute Gasteiger partial charge is 0.382 e. The van der Waals surface area contributed by atoms with Gasteiger partial charge in [-0.05, 0) is 18.9 Å². The van der Waals surface area contributed by atoms with Crippen LogP contribution in [0.3, 0.4) is 0 Å². The Labute approximate surface area is 76.3 Å². The second kappa shape index (κ2) is 3.71. The van der Waals surface area contributed by atoms with Crippen molar-refractivity contribution >= 4 is 17.6 Å². The van der Waals surface area contributed by atoms with E-state index in [1.807, 2.05) is 6.92 Å². The fourth-order valence-electron chi connectivity index (χ4n) is 1.00. The maximum Gasteiger partial charge on any atom is 0.145 e. The van der Waals surface area contributed by atoms with E-state index in [1.54, 1.807) is 11.8 Å². The minimum absolute atomic E-state index is 0.585. The van der Waals surface area contributed by atoms with E-state index in [0.717, 1.165) is 23.7 Å². The Hall–Kier alpha value is -0.840. The molecule has 0 amide bonds. The number of hydrogen-bond donors (Lipinski definition) is 2. The zero-order chi connectivity index (χ0) is 9.14. The van der Waals surface area contributed by atoms with Gasteiger partial charge in [0.2, 0.25) is 0 Å². The van der Waals surface area contributed by atoms with Crippen LogP contribution in [0.15, 0.2) is 0 Å². The van der Waals surface area contributed by atoms with Gasteiger partial charge in [-0.2, -0.15) is 11.8 Å². The van der Waals surface area contributed by atoms with Crippen molar-refractivity contribution in [1.29, 1.82) is 0 Å². The van der Waals surface area contributed by atoms with E-state index in [9.17, 15) is 0 Å². The summed E-state index contributed by atoms with van der Waals surface area (Å²) in [5.41, 5.74) is 6.62. The van der Waals surface area contributed by atoms with Crippen molar-refractivity contribution in [3.8, 4) is 0 Å². The number of nitrogens with two attached hydrogens (primary N) is 2. The van der Waals surface area contributed by atoms with Crippen LogP contribution < -0.4 is 11.6 Å². The molecule has 1 aromatic rings. The minimum atomic E-state index is 0.585. The summed E-state index contributed by atoms with van der Waals surface area (Å²) in [5, 5.41) is 0. The van der Waals surface area contributed by atoms with E-state index < -0.39 is 0 Å². The molecule has 1 rings (SSSR count). The van der Waals surface area contributed by atoms with Crippen LogP contribution in [0, 0.1) is 6.92 Å². The van der Waals surface area contributed by atoms with E-state index in [-0.39, 0.29) is 0 Å². The molecule has 0 saturated carbocycles. The number of thioether (sulfide) groups is 1. The molecule has 1 heterocycles. The lowest BCUT2D eigenvalue weighted by Crippen LogP contribution is -2.13. The third-order valence-electron chi connectivity index (χ3n) is 1.74. The van der Waals surface area contributed by atoms with Crippen LogP contribution in [0.5, 0.6) is 0 Å². The van der Waals surface area contributed by atoms with Gasteiger partial charge in [0.25, 0.3) is 0 Å². The van der Waals surface area contributed by atoms with Crippen LogP contribution in [-0.2, 0) is 6.42 Å². The summed E-state index contributed by atoms with van der Waals surface area (Å²) >= 11 is 1.77. The summed E-state index contributed by atoms with van der Waals surface area (Å²) in [6.07, 6.45) is 2.94. The molecule has 0 aliphatic carbocycles. The molecule has 0 aliphatic heterocycles. The normalized spacial score (nSPS) is 10.5. The maximum absolute atomic E-state index is 5.71. The van der Waals surface area contributed by atoms with Crippen LogP contribution in [0.25, 0.3) is 0 Å². The van der Waals surface area contributed by atoms with Crippen molar-refractivity contribution in [3.63, 3.8) is 0 Å². The molecule has 1 aromatic heterocycles. The average molecular weight is 186 g/mol. The number of nitrogens with zero attached hydrogens (tertiary/aromatic N) is 2. The Morgan fingerprint density at radius 2 is 2.25 bits per heavy atom. The van der Waals surface area contributed by atoms with Gasteiger partial charge in [0.1, 0.15) is 11.6 Å². The van der Waals surface area contributed by atoms with Gasteiger partial charge in [0, 0.05) is 6.42 Å². The summed E-state index contributed by atoms with van der Waals surface area (Å²) in [6.45, 7) is 1.85. The first-order valence-electron chi connectivity index (χ1n) is 3.74. The molecule has 0 aliphatic rings. The summed E-state index contributed by atoms with van der Waals surface area (Å²) in [5.74, 6) is 7.98. The number of hydrogen-bond acceptors (Lipinski definition) is 4. The molecule has 0 atom stereocenters. The number of aryl methyl sites for hydroxylation is 2. The van der Waals surface area contributed by atoms with Crippen LogP contribution in [-0.4, -0.2) is 21.7 Å². The van der Waals surface area contributed by atoms with Crippen molar-refractivity contribution in [1.82, 2.24) is 9.66 Å². The predicted molar refractivity (Wildman–Crippen MR) is 53.6 cm³/mol. The van der Waals surface area contributed by atoms with E-state index in [0.29, 0.717) is 5.82 Å². The number of imidazole rings is 1. The maximum atomic E-state index is 5.71. The fourth-order valence-corrected chi connectivity index (χ4v) is 1.40. The highest BCUT2D eigenvalue weighted by atomic mass is 32.2. The topological polar surface area (TPSA) is 69.9 Å². The molecule has 4 N–H and O–H groups in total. The Balaban J connectivity index is 2.79. The SMILES string of the molecule is CSCCc1nc(C)n(N)c1N. The second-order valence-electron chi connectivity index (χ2n) is 2.60. The van der Waals surface area contributed by atoms with Crippen LogP contribution >= 0.6 is 11.8 Å². The summed E-state index contributed by atoms with van der Waals surface area (Å²) in [4.78, 5) is 4.25. The third kappa shape index (κ3) is 1.66. The first-order valence-corrected chi connectivity index (χ1v) is 5.14. The molecule has 68 valence electrons. The molecular formula is C7H14N4S. The first kappa shape index (κ1) is 9.25. The highest BCUT2D eigenvalue weighted by Crippen LogP contribution is 2.12. The zero-order valence-electron chi connectivity index (χ0n) is 7.37. The lowest BCUT2D eigenvalue weighted by Gasteiger charge is -1.98. The van der Waals surface area contributed by atoms with Gasteiger partial charge >= 0.3 is 0 Å². The van der Waals surface area contributed by atoms with Gasteiger partial charge in [0.05, 0.1) is 5.69 Å². The molecule has 0 radical (unpaired) electrons. The molecular weight excluding hydrogens is 172 g/mol. The molecule has 0 unspecified atom stereocenters. The van der Waals surface area contributed by atoms with E-state index in [1.165, 1.54) is 4.68 Å². The van der Waals surface area contributed by atoms with Gasteiger partial charge in [-0.15, -0.1) is 0 Å². The fraction of sp³-hybridized carbons (Fsp3) is 0.571. The van der Waals surface area contributed by atoms with Crippen molar-refractivity contribution in [2.24, 2.45) is 0 Å². The third-order valence-corrected chi connectivity index (χ3v) is 2.36. The van der Waals surface area contributed by atoms with Crippen LogP contribution in [0.4, 0.5) is 5.82 Å². The molecule has 12 heavy (non-hydrogen) atoms. The van der Waals surface area contributed by atoms with Crippen molar-refractivity contribution in [2.45, 2.75) is 13.3 Å². The first-order chi connectivity index (χ1) is 5.66. The average Bonchev–Trinajstić information content (AvgIpc) is 2.30. The Kier molecular flexibility index (Phi) is 2.86. The molecule has 4 nitrogen and oxygen atoms in total. The predicted octanol–water partition coefficient (Wildman–Crippen LogP) is 0.393.